The molecule has 11 nitrogen and oxygen atoms in total. The first kappa shape index (κ1) is 37.3. The van der Waals surface area contributed by atoms with Crippen molar-refractivity contribution in [2.75, 3.05) is 30.3 Å². The van der Waals surface area contributed by atoms with E-state index in [9.17, 15) is 23.2 Å². The van der Waals surface area contributed by atoms with Crippen LogP contribution >= 0.6 is 0 Å². The zero-order valence-corrected chi connectivity index (χ0v) is 30.5. The molecule has 0 spiro atoms. The number of hydrogen-bond acceptors (Lipinski definition) is 8. The highest BCUT2D eigenvalue weighted by Gasteiger charge is 2.30. The Labute approximate surface area is 312 Å². The SMILES string of the molecule is CC(C)Oc1cc2nc(C3CCC(CN4CCC(c5ccc(NC6CCC(=O)NC6=O)cc5F)CC4)CC3)cn2cc1C(=O)Nc1cccc(C(F)F)n1. The van der Waals surface area contributed by atoms with Gasteiger partial charge in [0.05, 0.1) is 17.4 Å². The number of alkyl halides is 2. The number of pyridine rings is 2. The van der Waals surface area contributed by atoms with Crippen LogP contribution in [0.25, 0.3) is 5.65 Å². The molecule has 5 heterocycles. The third-order valence-electron chi connectivity index (χ3n) is 10.8. The molecule has 4 aromatic rings. The van der Waals surface area contributed by atoms with E-state index in [1.807, 2.05) is 36.6 Å². The fraction of sp³-hybridized carbons (Fsp3) is 0.475. The Hall–Kier alpha value is -4.98. The first-order valence-electron chi connectivity index (χ1n) is 18.9. The Kier molecular flexibility index (Phi) is 11.2. The van der Waals surface area contributed by atoms with Crippen LogP contribution in [0.3, 0.4) is 0 Å². The molecule has 0 bridgehead atoms. The molecule has 7 rings (SSSR count). The molecular weight excluding hydrogens is 699 g/mol. The van der Waals surface area contributed by atoms with Crippen molar-refractivity contribution in [2.24, 2.45) is 5.92 Å². The maximum Gasteiger partial charge on any atom is 0.280 e. The third kappa shape index (κ3) is 8.69. The summed E-state index contributed by atoms with van der Waals surface area (Å²) in [5, 5.41) is 8.02. The number of benzene rings is 1. The van der Waals surface area contributed by atoms with Gasteiger partial charge < -0.3 is 24.7 Å². The molecule has 1 aliphatic carbocycles. The van der Waals surface area contributed by atoms with Crippen molar-refractivity contribution < 1.29 is 32.3 Å². The number of carbonyl (C=O) groups excluding carboxylic acids is 3. The molecule has 3 aliphatic rings. The van der Waals surface area contributed by atoms with E-state index in [-0.39, 0.29) is 53.4 Å². The maximum atomic E-state index is 15.2. The van der Waals surface area contributed by atoms with Gasteiger partial charge >= 0.3 is 0 Å². The van der Waals surface area contributed by atoms with Crippen molar-refractivity contribution in [2.45, 2.75) is 95.6 Å². The van der Waals surface area contributed by atoms with Gasteiger partial charge in [-0.25, -0.2) is 23.1 Å². The summed E-state index contributed by atoms with van der Waals surface area (Å²) in [6.45, 7) is 6.57. The first-order valence-corrected chi connectivity index (χ1v) is 18.9. The molecule has 2 saturated heterocycles. The number of imidazole rings is 1. The number of nitrogens with zero attached hydrogens (tertiary/aromatic N) is 4. The minimum atomic E-state index is -2.75. The molecule has 3 fully saturated rings. The van der Waals surface area contributed by atoms with Gasteiger partial charge in [0.1, 0.15) is 34.8 Å². The lowest BCUT2D eigenvalue weighted by Crippen LogP contribution is -2.47. The van der Waals surface area contributed by atoms with Gasteiger partial charge in [-0.1, -0.05) is 12.1 Å². The molecule has 54 heavy (non-hydrogen) atoms. The first-order chi connectivity index (χ1) is 26.0. The Bertz CT molecular complexity index is 2000. The second-order valence-electron chi connectivity index (χ2n) is 15.0. The number of ether oxygens (including phenoxy) is 1. The molecule has 1 unspecified atom stereocenters. The van der Waals surface area contributed by atoms with Crippen LogP contribution in [0.4, 0.5) is 24.7 Å². The molecule has 3 amide bonds. The van der Waals surface area contributed by atoms with Crippen molar-refractivity contribution in [3.63, 3.8) is 0 Å². The van der Waals surface area contributed by atoms with Crippen LogP contribution in [0.2, 0.25) is 0 Å². The predicted octanol–water partition coefficient (Wildman–Crippen LogP) is 7.22. The van der Waals surface area contributed by atoms with E-state index in [0.717, 1.165) is 63.9 Å². The number of likely N-dealkylation sites (tertiary alicyclic amines) is 1. The summed E-state index contributed by atoms with van der Waals surface area (Å²) in [4.78, 5) is 48.2. The number of anilines is 2. The minimum Gasteiger partial charge on any atom is -0.490 e. The Balaban J connectivity index is 0.921. The monoisotopic (exact) mass is 745 g/mol. The summed E-state index contributed by atoms with van der Waals surface area (Å²) in [5.41, 5.74) is 2.71. The lowest BCUT2D eigenvalue weighted by molar-refractivity contribution is -0.133. The minimum absolute atomic E-state index is 0.0302. The molecule has 0 radical (unpaired) electrons. The van der Waals surface area contributed by atoms with Gasteiger partial charge in [0.25, 0.3) is 12.3 Å². The summed E-state index contributed by atoms with van der Waals surface area (Å²) < 4.78 is 49.4. The summed E-state index contributed by atoms with van der Waals surface area (Å²) in [6, 6.07) is 10.4. The zero-order valence-electron chi connectivity index (χ0n) is 30.5. The van der Waals surface area contributed by atoms with Gasteiger partial charge in [-0.2, -0.15) is 0 Å². The second-order valence-corrected chi connectivity index (χ2v) is 15.0. The van der Waals surface area contributed by atoms with Crippen molar-refractivity contribution in [3.8, 4) is 5.75 Å². The van der Waals surface area contributed by atoms with Crippen molar-refractivity contribution >= 4 is 34.9 Å². The van der Waals surface area contributed by atoms with Gasteiger partial charge in [-0.05, 0) is 114 Å². The average Bonchev–Trinajstić information content (AvgIpc) is 3.56. The summed E-state index contributed by atoms with van der Waals surface area (Å²) in [6.07, 6.45) is 7.26. The Morgan fingerprint density at radius 3 is 2.44 bits per heavy atom. The van der Waals surface area contributed by atoms with Crippen LogP contribution in [0.1, 0.15) is 111 Å². The number of imide groups is 1. The number of rotatable bonds is 11. The number of nitrogens with one attached hydrogen (secondary N) is 3. The lowest BCUT2D eigenvalue weighted by Gasteiger charge is -2.36. The van der Waals surface area contributed by atoms with Crippen molar-refractivity contribution in [1.29, 1.82) is 0 Å². The number of aromatic nitrogens is 3. The van der Waals surface area contributed by atoms with Gasteiger partial charge in [-0.15, -0.1) is 0 Å². The van der Waals surface area contributed by atoms with E-state index in [1.165, 1.54) is 24.3 Å². The average molecular weight is 746 g/mol. The second kappa shape index (κ2) is 16.2. The normalized spacial score (nSPS) is 21.4. The number of amides is 3. The van der Waals surface area contributed by atoms with Crippen LogP contribution in [0.5, 0.6) is 5.75 Å². The molecule has 286 valence electrons. The van der Waals surface area contributed by atoms with Crippen molar-refractivity contribution in [3.05, 3.63) is 83.2 Å². The molecule has 1 saturated carbocycles. The summed E-state index contributed by atoms with van der Waals surface area (Å²) >= 11 is 0. The van der Waals surface area contributed by atoms with Gasteiger partial charge in [0.15, 0.2) is 0 Å². The van der Waals surface area contributed by atoms with Crippen LogP contribution in [-0.4, -0.2) is 68.8 Å². The number of carbonyl (C=O) groups is 3. The largest absolute Gasteiger partial charge is 0.490 e. The fourth-order valence-corrected chi connectivity index (χ4v) is 7.99. The number of piperidine rings is 2. The quantitative estimate of drug-likeness (QED) is 0.137. The summed E-state index contributed by atoms with van der Waals surface area (Å²) in [5.74, 6) is -0.0660. The standard InChI is InChI=1S/C40H46F3N7O4/c1-23(2)54-34-19-36-46-33(22-50(36)21-29(34)39(52)47-35-5-3-4-31(45-35)38(42)43)26-8-6-24(7-9-26)20-49-16-14-25(15-17-49)28-11-10-27(18-30(28)41)44-32-12-13-37(51)48-40(32)53/h3-5,10-11,18-19,21-26,32,38,44H,6-9,12-17,20H2,1-2H3,(H,45,47,52)(H,48,51,53). The van der Waals surface area contributed by atoms with Crippen molar-refractivity contribution in [1.82, 2.24) is 24.6 Å². The topological polar surface area (TPSA) is 130 Å². The van der Waals surface area contributed by atoms with E-state index in [1.54, 1.807) is 12.3 Å². The summed E-state index contributed by atoms with van der Waals surface area (Å²) in [7, 11) is 0. The number of halogens is 3. The Morgan fingerprint density at radius 2 is 1.74 bits per heavy atom. The molecule has 2 aliphatic heterocycles. The molecule has 3 N–H and O–H groups in total. The maximum absolute atomic E-state index is 15.2. The van der Waals surface area contributed by atoms with Crippen LogP contribution < -0.4 is 20.7 Å². The Morgan fingerprint density at radius 1 is 0.963 bits per heavy atom. The highest BCUT2D eigenvalue weighted by atomic mass is 19.3. The molecule has 14 heteroatoms. The van der Waals surface area contributed by atoms with E-state index in [2.05, 4.69) is 25.8 Å². The third-order valence-corrected chi connectivity index (χ3v) is 10.8. The molecular formula is C40H46F3N7O4. The fourth-order valence-electron chi connectivity index (χ4n) is 7.99. The predicted molar refractivity (Wildman–Crippen MR) is 197 cm³/mol. The molecule has 1 atom stereocenters. The van der Waals surface area contributed by atoms with Crippen LogP contribution in [-0.2, 0) is 9.59 Å². The van der Waals surface area contributed by atoms with Gasteiger partial charge in [0.2, 0.25) is 11.8 Å². The zero-order chi connectivity index (χ0) is 37.9. The number of hydrogen-bond donors (Lipinski definition) is 3. The van der Waals surface area contributed by atoms with Crippen LogP contribution in [0, 0.1) is 11.7 Å². The van der Waals surface area contributed by atoms with E-state index >= 15 is 4.39 Å². The smallest absolute Gasteiger partial charge is 0.280 e. The van der Waals surface area contributed by atoms with E-state index < -0.39 is 24.1 Å². The molecule has 3 aromatic heterocycles. The lowest BCUT2D eigenvalue weighted by atomic mass is 9.80. The van der Waals surface area contributed by atoms with E-state index in [0.29, 0.717) is 35.0 Å². The van der Waals surface area contributed by atoms with E-state index in [4.69, 9.17) is 9.72 Å². The van der Waals surface area contributed by atoms with Gasteiger partial charge in [0, 0.05) is 43.0 Å². The highest BCUT2D eigenvalue weighted by Crippen LogP contribution is 2.38. The van der Waals surface area contributed by atoms with Crippen LogP contribution in [0.15, 0.2) is 54.9 Å². The number of fused-ring (bicyclic) bond motifs is 1. The highest BCUT2D eigenvalue weighted by molar-refractivity contribution is 6.06. The molecule has 1 aromatic carbocycles. The van der Waals surface area contributed by atoms with Gasteiger partial charge in [-0.3, -0.25) is 19.7 Å².